The Labute approximate surface area is 102 Å². The number of aryl methyl sites for hydroxylation is 1. The quantitative estimate of drug-likeness (QED) is 0.917. The molecule has 2 N–H and O–H groups in total. The van der Waals surface area contributed by atoms with Crippen molar-refractivity contribution in [2.75, 3.05) is 6.54 Å². The van der Waals surface area contributed by atoms with Crippen LogP contribution >= 0.6 is 34.3 Å². The van der Waals surface area contributed by atoms with Gasteiger partial charge < -0.3 is 5.73 Å². The van der Waals surface area contributed by atoms with Crippen LogP contribution < -0.4 is 5.73 Å². The van der Waals surface area contributed by atoms with Gasteiger partial charge in [-0.15, -0.1) is 22.7 Å². The van der Waals surface area contributed by atoms with Gasteiger partial charge in [-0.05, 0) is 32.0 Å². The van der Waals surface area contributed by atoms with E-state index >= 15 is 0 Å². The van der Waals surface area contributed by atoms with E-state index in [1.165, 1.54) is 4.88 Å². The Hall–Kier alpha value is -0.420. The lowest BCUT2D eigenvalue weighted by atomic mass is 10.2. The molecular formula is C10H11ClN2S2. The molecule has 0 aliphatic carbocycles. The molecule has 0 aliphatic heterocycles. The summed E-state index contributed by atoms with van der Waals surface area (Å²) in [5.74, 6) is 0. The monoisotopic (exact) mass is 258 g/mol. The van der Waals surface area contributed by atoms with E-state index in [4.69, 9.17) is 17.3 Å². The lowest BCUT2D eigenvalue weighted by Crippen LogP contribution is -2.01. The van der Waals surface area contributed by atoms with Crippen molar-refractivity contribution in [1.29, 1.82) is 0 Å². The molecule has 0 saturated carbocycles. The van der Waals surface area contributed by atoms with Crippen molar-refractivity contribution in [3.63, 3.8) is 0 Å². The highest BCUT2D eigenvalue weighted by Crippen LogP contribution is 2.34. The summed E-state index contributed by atoms with van der Waals surface area (Å²) in [5.41, 5.74) is 6.63. The van der Waals surface area contributed by atoms with Gasteiger partial charge in [-0.1, -0.05) is 11.6 Å². The number of nitrogens with two attached hydrogens (primary N) is 1. The third kappa shape index (κ3) is 2.39. The topological polar surface area (TPSA) is 38.9 Å². The molecule has 0 fully saturated rings. The number of hydrogen-bond donors (Lipinski definition) is 1. The first-order valence-corrected chi connectivity index (χ1v) is 6.64. The average molecular weight is 259 g/mol. The van der Waals surface area contributed by atoms with E-state index in [1.807, 2.05) is 19.1 Å². The van der Waals surface area contributed by atoms with E-state index in [1.54, 1.807) is 22.7 Å². The first-order chi connectivity index (χ1) is 7.20. The van der Waals surface area contributed by atoms with E-state index in [0.717, 1.165) is 26.3 Å². The van der Waals surface area contributed by atoms with Crippen LogP contribution in [0, 0.1) is 6.92 Å². The van der Waals surface area contributed by atoms with Crippen molar-refractivity contribution in [2.24, 2.45) is 5.73 Å². The number of aromatic nitrogens is 1. The van der Waals surface area contributed by atoms with Gasteiger partial charge in [-0.2, -0.15) is 0 Å². The molecule has 0 unspecified atom stereocenters. The maximum absolute atomic E-state index is 5.92. The molecule has 0 aliphatic rings. The lowest BCUT2D eigenvalue weighted by Gasteiger charge is -1.96. The number of thiophene rings is 1. The highest BCUT2D eigenvalue weighted by atomic mass is 35.5. The van der Waals surface area contributed by atoms with E-state index < -0.39 is 0 Å². The van der Waals surface area contributed by atoms with Gasteiger partial charge in [0, 0.05) is 4.88 Å². The summed E-state index contributed by atoms with van der Waals surface area (Å²) >= 11 is 9.19. The predicted octanol–water partition coefficient (Wildman–Crippen LogP) is 3.33. The van der Waals surface area contributed by atoms with E-state index in [2.05, 4.69) is 4.98 Å². The maximum atomic E-state index is 5.92. The molecule has 2 rings (SSSR count). The fourth-order valence-electron chi connectivity index (χ4n) is 1.40. The van der Waals surface area contributed by atoms with E-state index in [0.29, 0.717) is 6.54 Å². The molecule has 2 aromatic rings. The molecule has 0 bridgehead atoms. The van der Waals surface area contributed by atoms with Crippen molar-refractivity contribution < 1.29 is 0 Å². The second-order valence-electron chi connectivity index (χ2n) is 3.15. The van der Waals surface area contributed by atoms with Crippen LogP contribution in [0.25, 0.3) is 10.6 Å². The molecule has 0 saturated heterocycles. The Morgan fingerprint density at radius 1 is 1.40 bits per heavy atom. The van der Waals surface area contributed by atoms with Gasteiger partial charge in [-0.25, -0.2) is 4.98 Å². The van der Waals surface area contributed by atoms with Gasteiger partial charge in [-0.3, -0.25) is 0 Å². The molecule has 2 heterocycles. The van der Waals surface area contributed by atoms with Crippen molar-refractivity contribution in [2.45, 2.75) is 13.3 Å². The molecule has 80 valence electrons. The minimum absolute atomic E-state index is 0.660. The van der Waals surface area contributed by atoms with Crippen LogP contribution in [0.4, 0.5) is 0 Å². The molecule has 0 aromatic carbocycles. The SMILES string of the molecule is Cc1nc(-c2ccc(Cl)s2)c(CCN)s1. The summed E-state index contributed by atoms with van der Waals surface area (Å²) in [5, 5.41) is 1.08. The van der Waals surface area contributed by atoms with Crippen LogP contribution in [0.1, 0.15) is 9.88 Å². The Kier molecular flexibility index (Phi) is 3.41. The summed E-state index contributed by atoms with van der Waals surface area (Å²) in [6.45, 7) is 2.68. The Morgan fingerprint density at radius 3 is 2.80 bits per heavy atom. The Bertz CT molecular complexity index is 462. The normalized spacial score (nSPS) is 10.9. The zero-order valence-electron chi connectivity index (χ0n) is 8.29. The summed E-state index contributed by atoms with van der Waals surface area (Å²) in [6, 6.07) is 3.92. The average Bonchev–Trinajstić information content (AvgIpc) is 2.73. The molecule has 0 amide bonds. The maximum Gasteiger partial charge on any atom is 0.0947 e. The zero-order chi connectivity index (χ0) is 10.8. The number of halogens is 1. The third-order valence-electron chi connectivity index (χ3n) is 1.98. The number of nitrogens with zero attached hydrogens (tertiary/aromatic N) is 1. The van der Waals surface area contributed by atoms with Crippen molar-refractivity contribution >= 4 is 34.3 Å². The van der Waals surface area contributed by atoms with E-state index in [9.17, 15) is 0 Å². The third-order valence-corrected chi connectivity index (χ3v) is 4.25. The Balaban J connectivity index is 2.42. The second-order valence-corrected chi connectivity index (χ2v) is 6.15. The smallest absolute Gasteiger partial charge is 0.0947 e. The zero-order valence-corrected chi connectivity index (χ0v) is 10.7. The predicted molar refractivity (Wildman–Crippen MR) is 67.9 cm³/mol. The molecule has 15 heavy (non-hydrogen) atoms. The van der Waals surface area contributed by atoms with Gasteiger partial charge in [0.2, 0.25) is 0 Å². The number of hydrogen-bond acceptors (Lipinski definition) is 4. The summed E-state index contributed by atoms with van der Waals surface area (Å²) < 4.78 is 0.800. The number of thiazole rings is 1. The van der Waals surface area contributed by atoms with Gasteiger partial charge in [0.05, 0.1) is 19.9 Å². The molecule has 0 atom stereocenters. The minimum Gasteiger partial charge on any atom is -0.330 e. The number of rotatable bonds is 3. The fraction of sp³-hybridized carbons (Fsp3) is 0.300. The van der Waals surface area contributed by atoms with Crippen LogP contribution in [-0.2, 0) is 6.42 Å². The molecular weight excluding hydrogens is 248 g/mol. The van der Waals surface area contributed by atoms with Gasteiger partial charge in [0.25, 0.3) is 0 Å². The Morgan fingerprint density at radius 2 is 2.20 bits per heavy atom. The highest BCUT2D eigenvalue weighted by molar-refractivity contribution is 7.19. The van der Waals surface area contributed by atoms with Crippen molar-refractivity contribution in [3.05, 3.63) is 26.4 Å². The van der Waals surface area contributed by atoms with Crippen molar-refractivity contribution in [1.82, 2.24) is 4.98 Å². The summed E-state index contributed by atoms with van der Waals surface area (Å²) in [7, 11) is 0. The fourth-order valence-corrected chi connectivity index (χ4v) is 3.49. The molecule has 0 radical (unpaired) electrons. The van der Waals surface area contributed by atoms with Crippen LogP contribution in [0.15, 0.2) is 12.1 Å². The van der Waals surface area contributed by atoms with Crippen LogP contribution in [0.2, 0.25) is 4.34 Å². The van der Waals surface area contributed by atoms with Crippen LogP contribution in [0.5, 0.6) is 0 Å². The first-order valence-electron chi connectivity index (χ1n) is 4.63. The summed E-state index contributed by atoms with van der Waals surface area (Å²) in [4.78, 5) is 6.92. The summed E-state index contributed by atoms with van der Waals surface area (Å²) in [6.07, 6.45) is 0.885. The minimum atomic E-state index is 0.660. The largest absolute Gasteiger partial charge is 0.330 e. The second kappa shape index (κ2) is 4.61. The molecule has 2 aromatic heterocycles. The molecule has 2 nitrogen and oxygen atoms in total. The molecule has 0 spiro atoms. The van der Waals surface area contributed by atoms with Crippen LogP contribution in [-0.4, -0.2) is 11.5 Å². The van der Waals surface area contributed by atoms with E-state index in [-0.39, 0.29) is 0 Å². The van der Waals surface area contributed by atoms with Gasteiger partial charge in [0.15, 0.2) is 0 Å². The molecule has 5 heteroatoms. The standard InChI is InChI=1S/C10H11ClN2S2/c1-6-13-10(8(14-6)4-5-12)7-2-3-9(11)15-7/h2-3H,4-5,12H2,1H3. The van der Waals surface area contributed by atoms with Gasteiger partial charge >= 0.3 is 0 Å². The van der Waals surface area contributed by atoms with Crippen molar-refractivity contribution in [3.8, 4) is 10.6 Å². The highest BCUT2D eigenvalue weighted by Gasteiger charge is 2.12. The lowest BCUT2D eigenvalue weighted by molar-refractivity contribution is 0.986. The van der Waals surface area contributed by atoms with Crippen LogP contribution in [0.3, 0.4) is 0 Å². The first kappa shape index (κ1) is 11.1. The van der Waals surface area contributed by atoms with Gasteiger partial charge in [0.1, 0.15) is 0 Å².